The predicted octanol–water partition coefficient (Wildman–Crippen LogP) is 1.88. The average Bonchev–Trinajstić information content (AvgIpc) is 2.13. The van der Waals surface area contributed by atoms with E-state index in [1.165, 1.54) is 32.5 Å². The molecular weight excluding hydrogens is 212 g/mol. The number of piperidine rings is 1. The summed E-state index contributed by atoms with van der Waals surface area (Å²) in [7, 11) is 0. The summed E-state index contributed by atoms with van der Waals surface area (Å²) in [5.74, 6) is 0.827. The number of nitrogens with one attached hydrogen (secondary N) is 1. The van der Waals surface area contributed by atoms with Crippen molar-refractivity contribution in [3.63, 3.8) is 0 Å². The molecule has 0 saturated carbocycles. The molecule has 100 valence electrons. The summed E-state index contributed by atoms with van der Waals surface area (Å²) in [6.07, 6.45) is 2.72. The van der Waals surface area contributed by atoms with Crippen molar-refractivity contribution in [2.45, 2.75) is 51.7 Å². The number of ether oxygens (including phenoxy) is 1. The van der Waals surface area contributed by atoms with Gasteiger partial charge in [0.1, 0.15) is 0 Å². The maximum absolute atomic E-state index is 6.12. The van der Waals surface area contributed by atoms with E-state index in [1.54, 1.807) is 0 Å². The Hall–Kier alpha value is -0.120. The third kappa shape index (κ3) is 3.94. The lowest BCUT2D eigenvalue weighted by molar-refractivity contribution is -0.182. The largest absolute Gasteiger partial charge is 0.367 e. The zero-order chi connectivity index (χ0) is 12.5. The van der Waals surface area contributed by atoms with Gasteiger partial charge in [-0.05, 0) is 59.5 Å². The lowest BCUT2D eigenvalue weighted by atomic mass is 9.94. The fourth-order valence-corrected chi connectivity index (χ4v) is 3.52. The standard InChI is InChI=1S/C14H28N2O/c1-13(2)10-16(11-14(3,4)17-13)9-12-6-5-7-15-8-12/h12,15H,5-11H2,1-4H3. The van der Waals surface area contributed by atoms with Gasteiger partial charge in [-0.15, -0.1) is 0 Å². The van der Waals surface area contributed by atoms with Crippen molar-refractivity contribution < 1.29 is 4.74 Å². The van der Waals surface area contributed by atoms with Crippen LogP contribution in [-0.4, -0.2) is 48.8 Å². The van der Waals surface area contributed by atoms with Crippen molar-refractivity contribution >= 4 is 0 Å². The molecule has 3 heteroatoms. The van der Waals surface area contributed by atoms with Crippen LogP contribution in [0.3, 0.4) is 0 Å². The fraction of sp³-hybridized carbons (Fsp3) is 1.00. The first-order valence-corrected chi connectivity index (χ1v) is 7.00. The minimum Gasteiger partial charge on any atom is -0.367 e. The third-order valence-electron chi connectivity index (χ3n) is 3.68. The van der Waals surface area contributed by atoms with E-state index in [2.05, 4.69) is 37.9 Å². The van der Waals surface area contributed by atoms with E-state index in [0.29, 0.717) is 0 Å². The van der Waals surface area contributed by atoms with Crippen molar-refractivity contribution in [2.24, 2.45) is 5.92 Å². The second kappa shape index (κ2) is 4.87. The highest BCUT2D eigenvalue weighted by molar-refractivity contribution is 4.90. The van der Waals surface area contributed by atoms with Gasteiger partial charge in [0.05, 0.1) is 11.2 Å². The van der Waals surface area contributed by atoms with E-state index in [1.807, 2.05) is 0 Å². The maximum atomic E-state index is 6.12. The Morgan fingerprint density at radius 2 is 1.82 bits per heavy atom. The van der Waals surface area contributed by atoms with E-state index in [0.717, 1.165) is 19.0 Å². The van der Waals surface area contributed by atoms with Crippen LogP contribution < -0.4 is 5.32 Å². The van der Waals surface area contributed by atoms with Crippen LogP contribution in [0.5, 0.6) is 0 Å². The first-order chi connectivity index (χ1) is 7.86. The van der Waals surface area contributed by atoms with Crippen LogP contribution >= 0.6 is 0 Å². The van der Waals surface area contributed by atoms with E-state index < -0.39 is 0 Å². The normalized spacial score (nSPS) is 33.5. The second-order valence-corrected chi connectivity index (χ2v) is 7.00. The van der Waals surface area contributed by atoms with Crippen LogP contribution in [0.2, 0.25) is 0 Å². The van der Waals surface area contributed by atoms with Crippen LogP contribution in [0, 0.1) is 5.92 Å². The quantitative estimate of drug-likeness (QED) is 0.797. The fourth-order valence-electron chi connectivity index (χ4n) is 3.52. The van der Waals surface area contributed by atoms with E-state index in [9.17, 15) is 0 Å². The van der Waals surface area contributed by atoms with Crippen molar-refractivity contribution in [2.75, 3.05) is 32.7 Å². The molecule has 2 heterocycles. The Morgan fingerprint density at radius 3 is 2.35 bits per heavy atom. The molecule has 0 aliphatic carbocycles. The molecule has 2 aliphatic rings. The molecule has 2 rings (SSSR count). The third-order valence-corrected chi connectivity index (χ3v) is 3.68. The molecule has 0 aromatic carbocycles. The van der Waals surface area contributed by atoms with E-state index in [4.69, 9.17) is 4.74 Å². The number of hydrogen-bond donors (Lipinski definition) is 1. The van der Waals surface area contributed by atoms with Crippen molar-refractivity contribution in [3.8, 4) is 0 Å². The average molecular weight is 240 g/mol. The van der Waals surface area contributed by atoms with Gasteiger partial charge in [0.25, 0.3) is 0 Å². The highest BCUT2D eigenvalue weighted by Crippen LogP contribution is 2.29. The molecule has 1 unspecified atom stereocenters. The Bertz CT molecular complexity index is 241. The molecular formula is C14H28N2O. The molecule has 2 fully saturated rings. The molecule has 0 radical (unpaired) electrons. The maximum Gasteiger partial charge on any atom is 0.0760 e. The van der Waals surface area contributed by atoms with Crippen LogP contribution in [0.4, 0.5) is 0 Å². The zero-order valence-corrected chi connectivity index (χ0v) is 11.9. The Morgan fingerprint density at radius 1 is 1.18 bits per heavy atom. The summed E-state index contributed by atoms with van der Waals surface area (Å²) in [4.78, 5) is 2.60. The molecule has 3 nitrogen and oxygen atoms in total. The Balaban J connectivity index is 1.91. The number of rotatable bonds is 2. The summed E-state index contributed by atoms with van der Waals surface area (Å²) >= 11 is 0. The van der Waals surface area contributed by atoms with E-state index >= 15 is 0 Å². The molecule has 0 amide bonds. The van der Waals surface area contributed by atoms with Gasteiger partial charge >= 0.3 is 0 Å². The van der Waals surface area contributed by atoms with Gasteiger partial charge in [0.15, 0.2) is 0 Å². The molecule has 1 N–H and O–H groups in total. The molecule has 0 aromatic heterocycles. The minimum absolute atomic E-state index is 0.0101. The van der Waals surface area contributed by atoms with Gasteiger partial charge in [-0.1, -0.05) is 0 Å². The Kier molecular flexibility index (Phi) is 3.81. The highest BCUT2D eigenvalue weighted by atomic mass is 16.5. The molecule has 0 aromatic rings. The number of hydrogen-bond acceptors (Lipinski definition) is 3. The van der Waals surface area contributed by atoms with Gasteiger partial charge < -0.3 is 10.1 Å². The number of nitrogens with zero attached hydrogens (tertiary/aromatic N) is 1. The summed E-state index contributed by atoms with van der Waals surface area (Å²) in [5.41, 5.74) is -0.0201. The SMILES string of the molecule is CC1(C)CN(CC2CCCNC2)CC(C)(C)O1. The van der Waals surface area contributed by atoms with Gasteiger partial charge in [0, 0.05) is 19.6 Å². The Labute approximate surface area is 106 Å². The van der Waals surface area contributed by atoms with Crippen LogP contribution in [-0.2, 0) is 4.74 Å². The van der Waals surface area contributed by atoms with Gasteiger partial charge in [-0.3, -0.25) is 4.90 Å². The first-order valence-electron chi connectivity index (χ1n) is 7.00. The molecule has 17 heavy (non-hydrogen) atoms. The van der Waals surface area contributed by atoms with Crippen molar-refractivity contribution in [3.05, 3.63) is 0 Å². The second-order valence-electron chi connectivity index (χ2n) is 7.00. The minimum atomic E-state index is -0.0101. The lowest BCUT2D eigenvalue weighted by Crippen LogP contribution is -2.58. The van der Waals surface area contributed by atoms with Crippen molar-refractivity contribution in [1.29, 1.82) is 0 Å². The summed E-state index contributed by atoms with van der Waals surface area (Å²) in [6, 6.07) is 0. The van der Waals surface area contributed by atoms with E-state index in [-0.39, 0.29) is 11.2 Å². The van der Waals surface area contributed by atoms with Crippen molar-refractivity contribution in [1.82, 2.24) is 10.2 Å². The summed E-state index contributed by atoms with van der Waals surface area (Å²) < 4.78 is 6.12. The molecule has 2 saturated heterocycles. The molecule has 0 spiro atoms. The molecule has 2 aliphatic heterocycles. The van der Waals surface area contributed by atoms with Crippen LogP contribution in [0.25, 0.3) is 0 Å². The van der Waals surface area contributed by atoms with Crippen LogP contribution in [0.15, 0.2) is 0 Å². The first kappa shape index (κ1) is 13.3. The molecule has 0 bridgehead atoms. The summed E-state index contributed by atoms with van der Waals surface area (Å²) in [5, 5.41) is 3.51. The smallest absolute Gasteiger partial charge is 0.0760 e. The van der Waals surface area contributed by atoms with Gasteiger partial charge in [-0.2, -0.15) is 0 Å². The lowest BCUT2D eigenvalue weighted by Gasteiger charge is -2.48. The monoisotopic (exact) mass is 240 g/mol. The molecule has 1 atom stereocenters. The number of morpholine rings is 1. The van der Waals surface area contributed by atoms with Gasteiger partial charge in [-0.25, -0.2) is 0 Å². The highest BCUT2D eigenvalue weighted by Gasteiger charge is 2.38. The van der Waals surface area contributed by atoms with Crippen LogP contribution in [0.1, 0.15) is 40.5 Å². The topological polar surface area (TPSA) is 24.5 Å². The summed E-state index contributed by atoms with van der Waals surface area (Å²) in [6.45, 7) is 14.6. The van der Waals surface area contributed by atoms with Gasteiger partial charge in [0.2, 0.25) is 0 Å². The predicted molar refractivity (Wildman–Crippen MR) is 71.3 cm³/mol. The zero-order valence-electron chi connectivity index (χ0n) is 11.9.